The molecule has 0 bridgehead atoms. The smallest absolute Gasteiger partial charge is 0.0591 e. The van der Waals surface area contributed by atoms with Gasteiger partial charge in [0.1, 0.15) is 0 Å². The first kappa shape index (κ1) is 11.0. The van der Waals surface area contributed by atoms with Gasteiger partial charge >= 0.3 is 0 Å². The maximum absolute atomic E-state index is 5.01. The molecule has 0 spiro atoms. The first-order valence-electron chi connectivity index (χ1n) is 5.68. The third-order valence-corrected chi connectivity index (χ3v) is 2.74. The van der Waals surface area contributed by atoms with Gasteiger partial charge in [-0.3, -0.25) is 0 Å². The molecule has 0 radical (unpaired) electrons. The van der Waals surface area contributed by atoms with E-state index in [-0.39, 0.29) is 0 Å². The molecule has 2 rings (SSSR count). The first-order chi connectivity index (χ1) is 6.39. The SMILES string of the molecule is C1COCCN1.CC1CCCCC1. The highest BCUT2D eigenvalue weighted by Crippen LogP contribution is 2.22. The fourth-order valence-electron chi connectivity index (χ4n) is 1.82. The van der Waals surface area contributed by atoms with E-state index in [0.29, 0.717) is 0 Å². The maximum Gasteiger partial charge on any atom is 0.0591 e. The van der Waals surface area contributed by atoms with Crippen molar-refractivity contribution in [2.45, 2.75) is 39.0 Å². The van der Waals surface area contributed by atoms with Crippen LogP contribution in [0.2, 0.25) is 0 Å². The number of morpholine rings is 1. The second kappa shape index (κ2) is 7.34. The standard InChI is InChI=1S/C7H14.C4H9NO/c1-7-5-3-2-4-6-7;1-3-6-4-2-5-1/h7H,2-6H2,1H3;5H,1-4H2. The largest absolute Gasteiger partial charge is 0.379 e. The summed E-state index contributed by atoms with van der Waals surface area (Å²) >= 11 is 0. The Hall–Kier alpha value is -0.0800. The average molecular weight is 185 g/mol. The van der Waals surface area contributed by atoms with Gasteiger partial charge in [0, 0.05) is 13.1 Å². The van der Waals surface area contributed by atoms with Gasteiger partial charge in [-0.15, -0.1) is 0 Å². The second-order valence-corrected chi connectivity index (χ2v) is 4.11. The van der Waals surface area contributed by atoms with Gasteiger partial charge in [0.2, 0.25) is 0 Å². The molecule has 0 aromatic heterocycles. The molecule has 0 aromatic rings. The summed E-state index contributed by atoms with van der Waals surface area (Å²) in [6, 6.07) is 0. The van der Waals surface area contributed by atoms with E-state index in [1.165, 1.54) is 32.1 Å². The molecule has 1 aliphatic heterocycles. The minimum atomic E-state index is 0.889. The van der Waals surface area contributed by atoms with Gasteiger partial charge in [0.15, 0.2) is 0 Å². The molecule has 0 unspecified atom stereocenters. The molecular weight excluding hydrogens is 162 g/mol. The van der Waals surface area contributed by atoms with Crippen molar-refractivity contribution >= 4 is 0 Å². The lowest BCUT2D eigenvalue weighted by Gasteiger charge is -2.15. The Bertz CT molecular complexity index is 95.1. The van der Waals surface area contributed by atoms with Crippen LogP contribution in [0, 0.1) is 5.92 Å². The van der Waals surface area contributed by atoms with Gasteiger partial charge in [-0.1, -0.05) is 39.0 Å². The lowest BCUT2D eigenvalue weighted by molar-refractivity contribution is 0.109. The normalized spacial score (nSPS) is 24.7. The molecule has 0 atom stereocenters. The highest BCUT2D eigenvalue weighted by Gasteiger charge is 2.05. The van der Waals surface area contributed by atoms with Crippen LogP contribution in [0.15, 0.2) is 0 Å². The topological polar surface area (TPSA) is 21.3 Å². The molecule has 2 aliphatic rings. The third-order valence-electron chi connectivity index (χ3n) is 2.74. The Labute approximate surface area is 82.0 Å². The highest BCUT2D eigenvalue weighted by atomic mass is 16.5. The highest BCUT2D eigenvalue weighted by molar-refractivity contribution is 4.59. The van der Waals surface area contributed by atoms with E-state index in [1.807, 2.05) is 0 Å². The van der Waals surface area contributed by atoms with E-state index < -0.39 is 0 Å². The Morgan fingerprint density at radius 2 is 1.62 bits per heavy atom. The van der Waals surface area contributed by atoms with Crippen molar-refractivity contribution < 1.29 is 4.74 Å². The van der Waals surface area contributed by atoms with Crippen molar-refractivity contribution in [3.63, 3.8) is 0 Å². The molecule has 2 fully saturated rings. The zero-order valence-corrected chi connectivity index (χ0v) is 8.85. The lowest BCUT2D eigenvalue weighted by Crippen LogP contribution is -2.30. The molecular formula is C11H23NO. The minimum absolute atomic E-state index is 0.889. The van der Waals surface area contributed by atoms with E-state index in [9.17, 15) is 0 Å². The van der Waals surface area contributed by atoms with Gasteiger partial charge < -0.3 is 10.1 Å². The molecule has 78 valence electrons. The van der Waals surface area contributed by atoms with Crippen LogP contribution < -0.4 is 5.32 Å². The Morgan fingerprint density at radius 1 is 1.00 bits per heavy atom. The van der Waals surface area contributed by atoms with Gasteiger partial charge in [-0.05, 0) is 5.92 Å². The van der Waals surface area contributed by atoms with Crippen LogP contribution in [0.1, 0.15) is 39.0 Å². The number of hydrogen-bond donors (Lipinski definition) is 1. The summed E-state index contributed by atoms with van der Waals surface area (Å²) in [5, 5.41) is 3.16. The summed E-state index contributed by atoms with van der Waals surface area (Å²) in [4.78, 5) is 0. The van der Waals surface area contributed by atoms with E-state index in [4.69, 9.17) is 4.74 Å². The Balaban J connectivity index is 0.000000132. The van der Waals surface area contributed by atoms with Crippen LogP contribution in [0.5, 0.6) is 0 Å². The zero-order chi connectivity index (χ0) is 9.36. The minimum Gasteiger partial charge on any atom is -0.379 e. The summed E-state index contributed by atoms with van der Waals surface area (Å²) in [6.45, 7) is 6.19. The van der Waals surface area contributed by atoms with Crippen LogP contribution in [-0.4, -0.2) is 26.3 Å². The molecule has 1 saturated carbocycles. The predicted molar refractivity (Wildman–Crippen MR) is 55.9 cm³/mol. The van der Waals surface area contributed by atoms with Crippen LogP contribution in [0.3, 0.4) is 0 Å². The van der Waals surface area contributed by atoms with Gasteiger partial charge in [0.25, 0.3) is 0 Å². The monoisotopic (exact) mass is 185 g/mol. The second-order valence-electron chi connectivity index (χ2n) is 4.11. The lowest BCUT2D eigenvalue weighted by atomic mass is 9.91. The van der Waals surface area contributed by atoms with E-state index in [0.717, 1.165) is 32.2 Å². The fourth-order valence-corrected chi connectivity index (χ4v) is 1.82. The van der Waals surface area contributed by atoms with Crippen LogP contribution in [-0.2, 0) is 4.74 Å². The molecule has 2 nitrogen and oxygen atoms in total. The summed E-state index contributed by atoms with van der Waals surface area (Å²) in [6.07, 6.45) is 7.44. The zero-order valence-electron chi connectivity index (χ0n) is 8.85. The molecule has 13 heavy (non-hydrogen) atoms. The Morgan fingerprint density at radius 3 is 1.85 bits per heavy atom. The van der Waals surface area contributed by atoms with Crippen LogP contribution >= 0.6 is 0 Å². The summed E-state index contributed by atoms with van der Waals surface area (Å²) in [5.74, 6) is 1.04. The van der Waals surface area contributed by atoms with Crippen molar-refractivity contribution in [3.8, 4) is 0 Å². The molecule has 0 aromatic carbocycles. The molecule has 1 N–H and O–H groups in total. The average Bonchev–Trinajstić information content (AvgIpc) is 2.22. The summed E-state index contributed by atoms with van der Waals surface area (Å²) in [5.41, 5.74) is 0. The van der Waals surface area contributed by atoms with E-state index in [2.05, 4.69) is 12.2 Å². The van der Waals surface area contributed by atoms with Gasteiger partial charge in [0.05, 0.1) is 13.2 Å². The quantitative estimate of drug-likeness (QED) is 0.624. The first-order valence-corrected chi connectivity index (χ1v) is 5.68. The summed E-state index contributed by atoms with van der Waals surface area (Å²) < 4.78 is 5.01. The number of ether oxygens (including phenoxy) is 1. The molecule has 2 heteroatoms. The van der Waals surface area contributed by atoms with E-state index in [1.54, 1.807) is 0 Å². The van der Waals surface area contributed by atoms with Gasteiger partial charge in [-0.2, -0.15) is 0 Å². The van der Waals surface area contributed by atoms with E-state index >= 15 is 0 Å². The molecule has 1 heterocycles. The molecule has 1 aliphatic carbocycles. The molecule has 0 amide bonds. The van der Waals surface area contributed by atoms with Crippen molar-refractivity contribution in [2.24, 2.45) is 5.92 Å². The number of nitrogens with one attached hydrogen (secondary N) is 1. The van der Waals surface area contributed by atoms with Gasteiger partial charge in [-0.25, -0.2) is 0 Å². The Kier molecular flexibility index (Phi) is 6.21. The fraction of sp³-hybridized carbons (Fsp3) is 1.00. The predicted octanol–water partition coefficient (Wildman–Crippen LogP) is 2.19. The van der Waals surface area contributed by atoms with Crippen LogP contribution in [0.25, 0.3) is 0 Å². The molecule has 1 saturated heterocycles. The number of hydrogen-bond acceptors (Lipinski definition) is 2. The van der Waals surface area contributed by atoms with Crippen molar-refractivity contribution in [2.75, 3.05) is 26.3 Å². The third kappa shape index (κ3) is 6.05. The van der Waals surface area contributed by atoms with Crippen molar-refractivity contribution in [3.05, 3.63) is 0 Å². The maximum atomic E-state index is 5.01. The van der Waals surface area contributed by atoms with Crippen molar-refractivity contribution in [1.29, 1.82) is 0 Å². The summed E-state index contributed by atoms with van der Waals surface area (Å²) in [7, 11) is 0. The van der Waals surface area contributed by atoms with Crippen LogP contribution in [0.4, 0.5) is 0 Å². The number of rotatable bonds is 0. The van der Waals surface area contributed by atoms with Crippen molar-refractivity contribution in [1.82, 2.24) is 5.32 Å².